The topological polar surface area (TPSA) is 0 Å². The Morgan fingerprint density at radius 3 is 0.619 bits per heavy atom. The van der Waals surface area contributed by atoms with Crippen molar-refractivity contribution in [3.63, 3.8) is 0 Å². The maximum absolute atomic E-state index is 5.10. The van der Waals surface area contributed by atoms with Crippen LogP contribution in [0.3, 0.4) is 0 Å². The number of halogens is 1. The molecule has 0 atom stereocenters. The van der Waals surface area contributed by atoms with Crippen molar-refractivity contribution in [2.24, 2.45) is 0 Å². The minimum atomic E-state index is -0.149. The van der Waals surface area contributed by atoms with Crippen LogP contribution in [0, 0.1) is 0 Å². The van der Waals surface area contributed by atoms with E-state index < -0.39 is 0 Å². The van der Waals surface area contributed by atoms with Crippen LogP contribution in [-0.2, 0) is 15.7 Å². The van der Waals surface area contributed by atoms with Gasteiger partial charge in [-0.25, -0.2) is 0 Å². The molecule has 6 fully saturated rings. The van der Waals surface area contributed by atoms with Crippen molar-refractivity contribution in [1.82, 2.24) is 0 Å². The number of hydrogen-bond donors (Lipinski definition) is 0. The molecule has 6 saturated carbocycles. The van der Waals surface area contributed by atoms with Crippen molar-refractivity contribution >= 4 is 29.8 Å². The summed E-state index contributed by atoms with van der Waals surface area (Å²) in [6.45, 7) is 3.26. The van der Waals surface area contributed by atoms with E-state index in [1.54, 1.807) is 154 Å². The summed E-state index contributed by atoms with van der Waals surface area (Å²) in [7, 11) is 5.87. The van der Waals surface area contributed by atoms with Gasteiger partial charge in [0.25, 0.3) is 0 Å². The van der Waals surface area contributed by atoms with Gasteiger partial charge >= 0.3 is 36.2 Å². The van der Waals surface area contributed by atoms with Gasteiger partial charge < -0.3 is 0 Å². The van der Waals surface area contributed by atoms with E-state index in [0.29, 0.717) is 15.8 Å². The molecule has 0 aromatic carbocycles. The fraction of sp³-hybridized carbons (Fsp3) is 0.947. The molecule has 0 aliphatic heterocycles. The molecule has 0 unspecified atom stereocenters. The first-order chi connectivity index (χ1) is 20.8. The van der Waals surface area contributed by atoms with Crippen LogP contribution in [0.4, 0.5) is 0 Å². The van der Waals surface area contributed by atoms with Crippen LogP contribution >= 0.6 is 25.5 Å². The van der Waals surface area contributed by atoms with Gasteiger partial charge in [0.2, 0.25) is 0 Å². The first kappa shape index (κ1) is 36.3. The Hall–Kier alpha value is 1.42. The Morgan fingerprint density at radius 1 is 0.357 bits per heavy atom. The van der Waals surface area contributed by atoms with Crippen LogP contribution in [0.2, 0.25) is 0 Å². The van der Waals surface area contributed by atoms with E-state index in [9.17, 15) is 0 Å². The molecular weight excluding hydrogens is 655 g/mol. The molecule has 0 nitrogen and oxygen atoms in total. The van der Waals surface area contributed by atoms with E-state index in [1.807, 2.05) is 0 Å². The summed E-state index contributed by atoms with van der Waals surface area (Å²) in [6.07, 6.45) is 47.2. The maximum atomic E-state index is 5.10. The molecule has 0 N–H and O–H groups in total. The fourth-order valence-electron chi connectivity index (χ4n) is 10.1. The van der Waals surface area contributed by atoms with E-state index in [1.165, 1.54) is 72.5 Å². The molecule has 245 valence electrons. The predicted molar refractivity (Wildman–Crippen MR) is 192 cm³/mol. The average Bonchev–Trinajstić information content (AvgIpc) is 3.08. The number of rotatable bonds is 6. The molecule has 6 rings (SSSR count). The van der Waals surface area contributed by atoms with E-state index in [0.717, 1.165) is 0 Å². The van der Waals surface area contributed by atoms with Gasteiger partial charge in [0.15, 0.2) is 0 Å². The van der Waals surface area contributed by atoms with Gasteiger partial charge in [-0.2, -0.15) is 0 Å². The second-order valence-corrected chi connectivity index (χ2v) is 22.7. The fourth-order valence-corrected chi connectivity index (χ4v) is 19.4. The van der Waals surface area contributed by atoms with Crippen molar-refractivity contribution in [2.45, 2.75) is 227 Å². The first-order valence-corrected chi connectivity index (χ1v) is 25.3. The molecule has 0 aromatic rings. The predicted octanol–water partition coefficient (Wildman–Crippen LogP) is 13.7. The van der Waals surface area contributed by atoms with Crippen LogP contribution in [0.15, 0.2) is 6.58 Å². The minimum absolute atomic E-state index is 0.149. The summed E-state index contributed by atoms with van der Waals surface area (Å²) in [6, 6.07) is 0. The van der Waals surface area contributed by atoms with Crippen molar-refractivity contribution in [1.29, 1.82) is 0 Å². The van der Waals surface area contributed by atoms with E-state index >= 15 is 0 Å². The quantitative estimate of drug-likeness (QED) is 0.189. The summed E-state index contributed by atoms with van der Waals surface area (Å²) in [5.74, 6) is 0. The third kappa shape index (κ3) is 12.2. The second-order valence-electron chi connectivity index (χ2n) is 14.8. The van der Waals surface area contributed by atoms with Crippen LogP contribution in [0.1, 0.15) is 193 Å². The Kier molecular flexibility index (Phi) is 19.1. The first-order valence-electron chi connectivity index (χ1n) is 19.1. The third-order valence-electron chi connectivity index (χ3n) is 12.0. The molecule has 0 radical (unpaired) electrons. The van der Waals surface area contributed by atoms with Crippen molar-refractivity contribution in [2.75, 3.05) is 0 Å². The summed E-state index contributed by atoms with van der Waals surface area (Å²) < 4.78 is 2.54. The second kappa shape index (κ2) is 22.1. The third-order valence-corrected chi connectivity index (χ3v) is 21.0. The zero-order chi connectivity index (χ0) is 29.2. The Morgan fingerprint density at radius 2 is 0.500 bits per heavy atom. The zero-order valence-electron chi connectivity index (χ0n) is 27.5. The van der Waals surface area contributed by atoms with Gasteiger partial charge in [-0.1, -0.05) is 131 Å². The molecule has 42 heavy (non-hydrogen) atoms. The van der Waals surface area contributed by atoms with Crippen LogP contribution < -0.4 is 0 Å². The van der Waals surface area contributed by atoms with Gasteiger partial charge in [-0.05, 0) is 111 Å². The van der Waals surface area contributed by atoms with Gasteiger partial charge in [0.1, 0.15) is 0 Å². The molecule has 0 saturated heterocycles. The Bertz CT molecular complexity index is 578. The summed E-state index contributed by atoms with van der Waals surface area (Å²) in [4.78, 5) is 0. The van der Waals surface area contributed by atoms with Crippen LogP contribution in [-0.4, -0.2) is 38.2 Å². The van der Waals surface area contributed by atoms with Gasteiger partial charge in [0.05, 0.1) is 0 Å². The average molecular weight is 723 g/mol. The summed E-state index contributed by atoms with van der Waals surface area (Å²) >= 11 is -0.149. The molecule has 0 bridgehead atoms. The summed E-state index contributed by atoms with van der Waals surface area (Å²) in [5.41, 5.74) is 7.14. The molecule has 6 aliphatic carbocycles. The van der Waals surface area contributed by atoms with E-state index in [2.05, 4.69) is 10.8 Å². The number of hydrogen-bond acceptors (Lipinski definition) is 0. The van der Waals surface area contributed by atoms with E-state index in [-0.39, 0.29) is 15.7 Å². The molecule has 4 heteroatoms. The summed E-state index contributed by atoms with van der Waals surface area (Å²) in [5, 5.41) is 0. The van der Waals surface area contributed by atoms with Gasteiger partial charge in [-0.3, -0.25) is 0 Å². The van der Waals surface area contributed by atoms with E-state index in [4.69, 9.17) is 9.69 Å². The van der Waals surface area contributed by atoms with Crippen molar-refractivity contribution in [3.05, 3.63) is 6.58 Å². The van der Waals surface area contributed by atoms with Gasteiger partial charge in [-0.15, -0.1) is 0 Å². The Labute approximate surface area is 277 Å². The van der Waals surface area contributed by atoms with Gasteiger partial charge in [0, 0.05) is 0 Å². The zero-order valence-corrected chi connectivity index (χ0v) is 31.8. The Balaban J connectivity index is 0.000000171. The normalized spacial score (nSPS) is 26.6. The molecular formula is C38H68ClP2Ru. The van der Waals surface area contributed by atoms with Crippen LogP contribution in [0.25, 0.3) is 0 Å². The van der Waals surface area contributed by atoms with Crippen LogP contribution in [0.5, 0.6) is 0 Å². The monoisotopic (exact) mass is 723 g/mol. The molecule has 0 heterocycles. The van der Waals surface area contributed by atoms with Crippen molar-refractivity contribution in [3.8, 4) is 0 Å². The van der Waals surface area contributed by atoms with Crippen molar-refractivity contribution < 1.29 is 15.7 Å². The SMILES string of the molecule is C1CCC(P(C2CCCCC2)C2CCCCC2)CC1.C1CCC(P(C2CCCCC2)C2CCCCC2)CC1.C=[C]=[Ru][Cl]. The molecule has 0 spiro atoms. The molecule has 6 aliphatic rings. The molecule has 0 aromatic heterocycles. The molecule has 0 amide bonds. The standard InChI is InChI=1S/2C18H33P.C2H2.ClH.Ru/c2*1-4-10-16(11-5-1)19(17-12-6-2-7-13-17)18-14-8-3-9-15-18;1-2;;/h2*16-18H,1-15H2;1H2;1H;/q;;;;+1/p-1.